The van der Waals surface area contributed by atoms with Gasteiger partial charge in [0.25, 0.3) is 5.91 Å². The molecule has 2 aliphatic rings. The van der Waals surface area contributed by atoms with Crippen LogP contribution in [-0.4, -0.2) is 57.6 Å². The van der Waals surface area contributed by atoms with Crippen LogP contribution in [0, 0.1) is 19.8 Å². The van der Waals surface area contributed by atoms with E-state index in [1.165, 1.54) is 12.8 Å². The number of benzene rings is 1. The Morgan fingerprint density at radius 1 is 0.903 bits per heavy atom. The molecule has 1 aromatic carbocycles. The van der Waals surface area contributed by atoms with Gasteiger partial charge in [-0.1, -0.05) is 24.4 Å². The molecule has 4 rings (SSSR count). The van der Waals surface area contributed by atoms with Gasteiger partial charge in [0.1, 0.15) is 0 Å². The Hall–Kier alpha value is -2.34. The summed E-state index contributed by atoms with van der Waals surface area (Å²) in [6.45, 7) is 6.87. The zero-order valence-electron chi connectivity index (χ0n) is 18.4. The molecule has 0 N–H and O–H groups in total. The molecular weight excluding hydrogens is 412 g/mol. The number of hydrogen-bond acceptors (Lipinski definition) is 3. The molecule has 6 nitrogen and oxygen atoms in total. The summed E-state index contributed by atoms with van der Waals surface area (Å²) in [4.78, 5) is 29.8. The standard InChI is InChI=1S/C24H31ClN4O2/c1-17-22(25)18(2)29(26-17)21-9-7-19(8-10-21)23(30)28-15-11-20(12-16-28)24(31)27-13-5-3-4-6-14-27/h7-10,20H,3-6,11-16H2,1-2H3. The van der Waals surface area contributed by atoms with Crippen LogP contribution in [0.3, 0.4) is 0 Å². The van der Waals surface area contributed by atoms with Crippen LogP contribution in [0.4, 0.5) is 0 Å². The van der Waals surface area contributed by atoms with E-state index in [0.29, 0.717) is 29.6 Å². The van der Waals surface area contributed by atoms with E-state index in [4.69, 9.17) is 11.6 Å². The Balaban J connectivity index is 1.36. The van der Waals surface area contributed by atoms with Crippen LogP contribution in [0.2, 0.25) is 5.02 Å². The molecule has 2 amide bonds. The van der Waals surface area contributed by atoms with E-state index in [1.807, 2.05) is 43.0 Å². The third kappa shape index (κ3) is 4.64. The maximum Gasteiger partial charge on any atom is 0.253 e. The Kier molecular flexibility index (Phi) is 6.65. The molecule has 7 heteroatoms. The van der Waals surface area contributed by atoms with Gasteiger partial charge in [0, 0.05) is 37.7 Å². The topological polar surface area (TPSA) is 58.4 Å². The van der Waals surface area contributed by atoms with Crippen molar-refractivity contribution in [1.82, 2.24) is 19.6 Å². The van der Waals surface area contributed by atoms with Gasteiger partial charge in [-0.15, -0.1) is 0 Å². The fourth-order valence-corrected chi connectivity index (χ4v) is 4.80. The number of amides is 2. The Morgan fingerprint density at radius 3 is 2.06 bits per heavy atom. The van der Waals surface area contributed by atoms with Crippen LogP contribution in [0.25, 0.3) is 5.69 Å². The summed E-state index contributed by atoms with van der Waals surface area (Å²) in [5.41, 5.74) is 3.21. The number of aromatic nitrogens is 2. The molecule has 0 radical (unpaired) electrons. The second-order valence-electron chi connectivity index (χ2n) is 8.75. The monoisotopic (exact) mass is 442 g/mol. The molecule has 0 spiro atoms. The van der Waals surface area contributed by atoms with Crippen molar-refractivity contribution in [3.05, 3.63) is 46.2 Å². The normalized spacial score (nSPS) is 18.2. The number of nitrogens with zero attached hydrogens (tertiary/aromatic N) is 4. The summed E-state index contributed by atoms with van der Waals surface area (Å²) < 4.78 is 1.80. The number of carbonyl (C=O) groups is 2. The Morgan fingerprint density at radius 2 is 1.52 bits per heavy atom. The van der Waals surface area contributed by atoms with Gasteiger partial charge in [0.05, 0.1) is 22.1 Å². The van der Waals surface area contributed by atoms with Gasteiger partial charge in [0.2, 0.25) is 5.91 Å². The Labute approximate surface area is 189 Å². The van der Waals surface area contributed by atoms with Gasteiger partial charge in [-0.2, -0.15) is 5.10 Å². The van der Waals surface area contributed by atoms with Gasteiger partial charge in [-0.05, 0) is 63.8 Å². The number of halogens is 1. The van der Waals surface area contributed by atoms with Crippen molar-refractivity contribution in [2.75, 3.05) is 26.2 Å². The number of piperidine rings is 1. The van der Waals surface area contributed by atoms with E-state index in [-0.39, 0.29) is 11.8 Å². The second-order valence-corrected chi connectivity index (χ2v) is 9.13. The number of rotatable bonds is 3. The van der Waals surface area contributed by atoms with E-state index in [1.54, 1.807) is 4.68 Å². The molecule has 2 aromatic rings. The van der Waals surface area contributed by atoms with Crippen LogP contribution < -0.4 is 0 Å². The minimum absolute atomic E-state index is 0.0265. The number of likely N-dealkylation sites (tertiary alicyclic amines) is 2. The number of carbonyl (C=O) groups excluding carboxylic acids is 2. The number of aryl methyl sites for hydroxylation is 1. The van der Waals surface area contributed by atoms with E-state index < -0.39 is 0 Å². The van der Waals surface area contributed by atoms with E-state index in [9.17, 15) is 9.59 Å². The van der Waals surface area contributed by atoms with Gasteiger partial charge >= 0.3 is 0 Å². The van der Waals surface area contributed by atoms with Crippen molar-refractivity contribution < 1.29 is 9.59 Å². The minimum atomic E-state index is 0.0265. The lowest BCUT2D eigenvalue weighted by Crippen LogP contribution is -2.44. The first-order valence-electron chi connectivity index (χ1n) is 11.4. The lowest BCUT2D eigenvalue weighted by atomic mass is 9.94. The molecule has 2 saturated heterocycles. The summed E-state index contributed by atoms with van der Waals surface area (Å²) in [5.74, 6) is 0.376. The van der Waals surface area contributed by atoms with E-state index in [0.717, 1.165) is 55.8 Å². The lowest BCUT2D eigenvalue weighted by molar-refractivity contribution is -0.136. The SMILES string of the molecule is Cc1nn(-c2ccc(C(=O)N3CCC(C(=O)N4CCCCCC4)CC3)cc2)c(C)c1Cl. The molecule has 0 aliphatic carbocycles. The van der Waals surface area contributed by atoms with Gasteiger partial charge in [-0.3, -0.25) is 9.59 Å². The first kappa shape index (κ1) is 21.9. The molecule has 3 heterocycles. The highest BCUT2D eigenvalue weighted by atomic mass is 35.5. The fraction of sp³-hybridized carbons (Fsp3) is 0.542. The average molecular weight is 443 g/mol. The molecule has 2 fully saturated rings. The zero-order chi connectivity index (χ0) is 22.0. The van der Waals surface area contributed by atoms with E-state index in [2.05, 4.69) is 10.00 Å². The zero-order valence-corrected chi connectivity index (χ0v) is 19.2. The molecule has 1 aromatic heterocycles. The predicted molar refractivity (Wildman–Crippen MR) is 122 cm³/mol. The highest BCUT2D eigenvalue weighted by Gasteiger charge is 2.30. The van der Waals surface area contributed by atoms with Crippen LogP contribution in [-0.2, 0) is 4.79 Å². The van der Waals surface area contributed by atoms with Crippen LogP contribution in [0.1, 0.15) is 60.3 Å². The minimum Gasteiger partial charge on any atom is -0.342 e. The average Bonchev–Trinajstić information content (AvgIpc) is 3.00. The van der Waals surface area contributed by atoms with E-state index >= 15 is 0 Å². The Bertz CT molecular complexity index is 937. The molecule has 2 aliphatic heterocycles. The summed E-state index contributed by atoms with van der Waals surface area (Å²) in [5, 5.41) is 5.13. The third-order valence-electron chi connectivity index (χ3n) is 6.61. The largest absolute Gasteiger partial charge is 0.342 e. The smallest absolute Gasteiger partial charge is 0.253 e. The number of hydrogen-bond donors (Lipinski definition) is 0. The molecular formula is C24H31ClN4O2. The first-order chi connectivity index (χ1) is 15.0. The lowest BCUT2D eigenvalue weighted by Gasteiger charge is -2.34. The van der Waals surface area contributed by atoms with Crippen molar-refractivity contribution in [1.29, 1.82) is 0 Å². The molecule has 31 heavy (non-hydrogen) atoms. The highest BCUT2D eigenvalue weighted by molar-refractivity contribution is 6.31. The predicted octanol–water partition coefficient (Wildman–Crippen LogP) is 4.40. The fourth-order valence-electron chi connectivity index (χ4n) is 4.68. The van der Waals surface area contributed by atoms with Crippen LogP contribution >= 0.6 is 11.6 Å². The summed E-state index contributed by atoms with van der Waals surface area (Å²) in [6.07, 6.45) is 6.18. The maximum absolute atomic E-state index is 13.0. The van der Waals surface area contributed by atoms with Crippen LogP contribution in [0.5, 0.6) is 0 Å². The molecule has 0 saturated carbocycles. The summed E-state index contributed by atoms with van der Waals surface area (Å²) in [6, 6.07) is 7.49. The van der Waals surface area contributed by atoms with Crippen molar-refractivity contribution in [2.24, 2.45) is 5.92 Å². The van der Waals surface area contributed by atoms with Gasteiger partial charge in [-0.25, -0.2) is 4.68 Å². The van der Waals surface area contributed by atoms with Gasteiger partial charge in [0.15, 0.2) is 0 Å². The molecule has 0 unspecified atom stereocenters. The second kappa shape index (κ2) is 9.43. The van der Waals surface area contributed by atoms with Crippen molar-refractivity contribution in [3.8, 4) is 5.69 Å². The van der Waals surface area contributed by atoms with Crippen molar-refractivity contribution >= 4 is 23.4 Å². The quantitative estimate of drug-likeness (QED) is 0.707. The molecule has 0 atom stereocenters. The highest BCUT2D eigenvalue weighted by Crippen LogP contribution is 2.25. The molecule has 0 bridgehead atoms. The summed E-state index contributed by atoms with van der Waals surface area (Å²) >= 11 is 6.25. The van der Waals surface area contributed by atoms with Crippen molar-refractivity contribution in [3.63, 3.8) is 0 Å². The molecule has 166 valence electrons. The first-order valence-corrected chi connectivity index (χ1v) is 11.7. The maximum atomic E-state index is 13.0. The summed E-state index contributed by atoms with van der Waals surface area (Å²) in [7, 11) is 0. The van der Waals surface area contributed by atoms with Crippen LogP contribution in [0.15, 0.2) is 24.3 Å². The van der Waals surface area contributed by atoms with Crippen molar-refractivity contribution in [2.45, 2.75) is 52.4 Å². The third-order valence-corrected chi connectivity index (χ3v) is 7.16. The van der Waals surface area contributed by atoms with Gasteiger partial charge < -0.3 is 9.80 Å².